The van der Waals surface area contributed by atoms with Crippen molar-refractivity contribution in [3.63, 3.8) is 0 Å². The van der Waals surface area contributed by atoms with E-state index < -0.39 is 16.6 Å². The summed E-state index contributed by atoms with van der Waals surface area (Å²) in [6.07, 6.45) is 3.23. The zero-order valence-electron chi connectivity index (χ0n) is 12.3. The molecule has 0 atom stereocenters. The summed E-state index contributed by atoms with van der Waals surface area (Å²) in [7, 11) is 0. The first-order valence-electron chi connectivity index (χ1n) is 6.40. The number of aromatic nitrogens is 3. The van der Waals surface area contributed by atoms with Crippen LogP contribution in [-0.2, 0) is 4.74 Å². The summed E-state index contributed by atoms with van der Waals surface area (Å²) in [6, 6.07) is 3.14. The molecule has 1 N–H and O–H groups in total. The van der Waals surface area contributed by atoms with Crippen molar-refractivity contribution in [2.24, 2.45) is 0 Å². The van der Waals surface area contributed by atoms with Crippen molar-refractivity contribution in [1.29, 1.82) is 0 Å². The van der Waals surface area contributed by atoms with E-state index in [1.54, 1.807) is 26.8 Å². The fourth-order valence-corrected chi connectivity index (χ4v) is 1.59. The predicted molar refractivity (Wildman–Crippen MR) is 77.9 cm³/mol. The number of rotatable bonds is 3. The van der Waals surface area contributed by atoms with Crippen LogP contribution in [0.25, 0.3) is 5.69 Å². The predicted octanol–water partition coefficient (Wildman–Crippen LogP) is 2.52. The Labute approximate surface area is 126 Å². The number of pyridine rings is 1. The summed E-state index contributed by atoms with van der Waals surface area (Å²) in [4.78, 5) is 25.8. The molecule has 22 heavy (non-hydrogen) atoms. The van der Waals surface area contributed by atoms with Crippen molar-refractivity contribution in [1.82, 2.24) is 14.8 Å². The summed E-state index contributed by atoms with van der Waals surface area (Å²) in [6.45, 7) is 5.25. The molecule has 0 aliphatic heterocycles. The van der Waals surface area contributed by atoms with Gasteiger partial charge in [0.25, 0.3) is 0 Å². The van der Waals surface area contributed by atoms with E-state index in [2.05, 4.69) is 15.4 Å². The average molecular weight is 305 g/mol. The van der Waals surface area contributed by atoms with Crippen molar-refractivity contribution >= 4 is 17.6 Å². The number of nitrogens with one attached hydrogen (secondary N) is 1. The average Bonchev–Trinajstić information content (AvgIpc) is 2.86. The number of ether oxygens (including phenoxy) is 1. The van der Waals surface area contributed by atoms with Gasteiger partial charge in [-0.05, 0) is 26.8 Å². The van der Waals surface area contributed by atoms with Crippen LogP contribution in [0.5, 0.6) is 0 Å². The van der Waals surface area contributed by atoms with E-state index in [1.807, 2.05) is 0 Å². The fourth-order valence-electron chi connectivity index (χ4n) is 1.59. The molecule has 9 nitrogen and oxygen atoms in total. The van der Waals surface area contributed by atoms with E-state index in [9.17, 15) is 14.9 Å². The van der Waals surface area contributed by atoms with Gasteiger partial charge in [0.15, 0.2) is 0 Å². The number of nitrogens with zero attached hydrogens (tertiary/aromatic N) is 4. The summed E-state index contributed by atoms with van der Waals surface area (Å²) < 4.78 is 6.44. The summed E-state index contributed by atoms with van der Waals surface area (Å²) in [5, 5.41) is 17.0. The van der Waals surface area contributed by atoms with Gasteiger partial charge in [-0.2, -0.15) is 5.10 Å². The highest BCUT2D eigenvalue weighted by atomic mass is 16.6. The van der Waals surface area contributed by atoms with Crippen LogP contribution in [0.4, 0.5) is 16.3 Å². The van der Waals surface area contributed by atoms with E-state index in [0.717, 1.165) is 6.20 Å². The van der Waals surface area contributed by atoms with Crippen LogP contribution >= 0.6 is 0 Å². The molecule has 0 fully saturated rings. The molecule has 1 amide bonds. The molecule has 0 aromatic carbocycles. The molecule has 0 aliphatic carbocycles. The third-order valence-electron chi connectivity index (χ3n) is 2.42. The molecule has 116 valence electrons. The molecular weight excluding hydrogens is 290 g/mol. The smallest absolute Gasteiger partial charge is 0.413 e. The van der Waals surface area contributed by atoms with Crippen molar-refractivity contribution in [3.05, 3.63) is 40.8 Å². The Kier molecular flexibility index (Phi) is 4.06. The van der Waals surface area contributed by atoms with Crippen molar-refractivity contribution in [2.75, 3.05) is 5.32 Å². The highest BCUT2D eigenvalue weighted by Crippen LogP contribution is 2.16. The molecule has 9 heteroatoms. The van der Waals surface area contributed by atoms with Gasteiger partial charge < -0.3 is 4.74 Å². The Hall–Kier alpha value is -2.97. The number of carbonyl (C=O) groups excluding carboxylic acids is 1. The number of anilines is 1. The molecule has 0 aliphatic rings. The molecule has 2 aromatic rings. The third kappa shape index (κ3) is 4.01. The Bertz CT molecular complexity index is 704. The monoisotopic (exact) mass is 305 g/mol. The largest absolute Gasteiger partial charge is 0.444 e. The molecule has 0 saturated heterocycles. The Morgan fingerprint density at radius 2 is 2.18 bits per heavy atom. The molecule has 0 unspecified atom stereocenters. The van der Waals surface area contributed by atoms with Gasteiger partial charge in [0.1, 0.15) is 23.8 Å². The normalized spacial score (nSPS) is 11.0. The molecule has 0 bridgehead atoms. The first kappa shape index (κ1) is 15.4. The summed E-state index contributed by atoms with van der Waals surface area (Å²) in [5.41, 5.74) is -0.225. The minimum absolute atomic E-state index is 0.126. The highest BCUT2D eigenvalue weighted by Gasteiger charge is 2.17. The topological polar surface area (TPSA) is 112 Å². The van der Waals surface area contributed by atoms with Crippen LogP contribution < -0.4 is 5.32 Å². The lowest BCUT2D eigenvalue weighted by atomic mass is 10.2. The number of carbonyl (C=O) groups is 1. The lowest BCUT2D eigenvalue weighted by Gasteiger charge is -2.19. The van der Waals surface area contributed by atoms with E-state index in [4.69, 9.17) is 4.74 Å². The molecule has 2 aromatic heterocycles. The van der Waals surface area contributed by atoms with Crippen LogP contribution in [0, 0.1) is 10.1 Å². The maximum atomic E-state index is 11.7. The van der Waals surface area contributed by atoms with E-state index in [0.29, 0.717) is 5.69 Å². The van der Waals surface area contributed by atoms with E-state index in [-0.39, 0.29) is 11.5 Å². The van der Waals surface area contributed by atoms with Gasteiger partial charge in [0.2, 0.25) is 0 Å². The Morgan fingerprint density at radius 3 is 2.77 bits per heavy atom. The Balaban J connectivity index is 2.16. The minimum atomic E-state index is -0.636. The summed E-state index contributed by atoms with van der Waals surface area (Å²) in [5.74, 6) is 0.255. The first-order chi connectivity index (χ1) is 10.2. The SMILES string of the molecule is CC(C)(C)OC(=O)Nc1cc(-n2cc([N+](=O)[O-])cn2)ccn1. The fraction of sp³-hybridized carbons (Fsp3) is 0.308. The van der Waals surface area contributed by atoms with Gasteiger partial charge in [0, 0.05) is 12.3 Å². The molecule has 2 heterocycles. The van der Waals surface area contributed by atoms with Gasteiger partial charge in [-0.1, -0.05) is 0 Å². The zero-order valence-corrected chi connectivity index (χ0v) is 12.3. The third-order valence-corrected chi connectivity index (χ3v) is 2.42. The second-order valence-electron chi connectivity index (χ2n) is 5.43. The van der Waals surface area contributed by atoms with Crippen LogP contribution in [0.1, 0.15) is 20.8 Å². The van der Waals surface area contributed by atoms with Crippen molar-refractivity contribution < 1.29 is 14.5 Å². The molecular formula is C13H15N5O4. The quantitative estimate of drug-likeness (QED) is 0.688. The highest BCUT2D eigenvalue weighted by molar-refractivity contribution is 5.83. The van der Waals surface area contributed by atoms with E-state index in [1.165, 1.54) is 23.1 Å². The maximum Gasteiger partial charge on any atom is 0.413 e. The van der Waals surface area contributed by atoms with Crippen molar-refractivity contribution in [3.8, 4) is 5.69 Å². The minimum Gasteiger partial charge on any atom is -0.444 e. The van der Waals surface area contributed by atoms with Gasteiger partial charge in [-0.25, -0.2) is 14.5 Å². The number of amides is 1. The number of hydrogen-bond acceptors (Lipinski definition) is 6. The molecule has 0 spiro atoms. The number of hydrogen-bond donors (Lipinski definition) is 1. The molecule has 0 radical (unpaired) electrons. The Morgan fingerprint density at radius 1 is 1.45 bits per heavy atom. The van der Waals surface area contributed by atoms with Gasteiger partial charge in [-0.15, -0.1) is 0 Å². The molecule has 2 rings (SSSR count). The maximum absolute atomic E-state index is 11.7. The lowest BCUT2D eigenvalue weighted by Crippen LogP contribution is -2.27. The van der Waals surface area contributed by atoms with Gasteiger partial charge in [0.05, 0.1) is 10.6 Å². The zero-order chi connectivity index (χ0) is 16.3. The van der Waals surface area contributed by atoms with Crippen LogP contribution in [-0.4, -0.2) is 31.4 Å². The van der Waals surface area contributed by atoms with Crippen LogP contribution in [0.15, 0.2) is 30.7 Å². The molecule has 0 saturated carbocycles. The second-order valence-corrected chi connectivity index (χ2v) is 5.43. The van der Waals surface area contributed by atoms with E-state index >= 15 is 0 Å². The van der Waals surface area contributed by atoms with Crippen molar-refractivity contribution in [2.45, 2.75) is 26.4 Å². The second kappa shape index (κ2) is 5.80. The van der Waals surface area contributed by atoms with Crippen LogP contribution in [0.3, 0.4) is 0 Å². The van der Waals surface area contributed by atoms with Gasteiger partial charge >= 0.3 is 11.8 Å². The first-order valence-corrected chi connectivity index (χ1v) is 6.40. The van der Waals surface area contributed by atoms with Crippen LogP contribution in [0.2, 0.25) is 0 Å². The standard InChI is InChI=1S/C13H15N5O4/c1-13(2,3)22-12(19)16-11-6-9(4-5-14-11)17-8-10(7-15-17)18(20)21/h4-8H,1-3H3,(H,14,16,19). The summed E-state index contributed by atoms with van der Waals surface area (Å²) >= 11 is 0. The lowest BCUT2D eigenvalue weighted by molar-refractivity contribution is -0.384. The van der Waals surface area contributed by atoms with Gasteiger partial charge in [-0.3, -0.25) is 15.4 Å². The number of nitro groups is 1.